The van der Waals surface area contributed by atoms with Crippen LogP contribution in [-0.4, -0.2) is 52.2 Å². The van der Waals surface area contributed by atoms with Crippen molar-refractivity contribution in [3.05, 3.63) is 84.4 Å². The van der Waals surface area contributed by atoms with Crippen molar-refractivity contribution < 1.29 is 13.2 Å². The van der Waals surface area contributed by atoms with Crippen molar-refractivity contribution in [2.24, 2.45) is 0 Å². The summed E-state index contributed by atoms with van der Waals surface area (Å²) in [6.45, 7) is 8.74. The van der Waals surface area contributed by atoms with Crippen molar-refractivity contribution in [2.75, 3.05) is 24.2 Å². The molecule has 0 bridgehead atoms. The van der Waals surface area contributed by atoms with Crippen molar-refractivity contribution in [3.8, 4) is 17.1 Å². The number of hydrogen-bond acceptors (Lipinski definition) is 6. The number of nitrogens with zero attached hydrogens (tertiary/aromatic N) is 4. The molecular weight excluding hydrogens is 542 g/mol. The third-order valence-electron chi connectivity index (χ3n) is 6.79. The molecule has 10 heteroatoms. The van der Waals surface area contributed by atoms with Crippen LogP contribution in [0.25, 0.3) is 17.1 Å². The number of carbonyl (C=O) groups excluding carboxylic acids is 1. The van der Waals surface area contributed by atoms with E-state index in [4.69, 9.17) is 0 Å². The first-order chi connectivity index (χ1) is 19.3. The molecule has 210 valence electrons. The summed E-state index contributed by atoms with van der Waals surface area (Å²) < 4.78 is 29.6. The molecule has 0 fully saturated rings. The minimum Gasteiger partial charge on any atom is -0.325 e. The van der Waals surface area contributed by atoms with Gasteiger partial charge in [0.25, 0.3) is 0 Å². The molecule has 0 unspecified atom stereocenters. The third kappa shape index (κ3) is 6.63. The molecule has 0 saturated carbocycles. The molecule has 0 aliphatic heterocycles. The van der Waals surface area contributed by atoms with E-state index in [9.17, 15) is 13.2 Å². The van der Waals surface area contributed by atoms with Crippen LogP contribution in [0.1, 0.15) is 45.6 Å². The number of benzene rings is 3. The van der Waals surface area contributed by atoms with Crippen molar-refractivity contribution in [1.29, 1.82) is 0 Å². The van der Waals surface area contributed by atoms with Gasteiger partial charge in [-0.05, 0) is 54.3 Å². The fourth-order valence-corrected chi connectivity index (χ4v) is 6.58. The van der Waals surface area contributed by atoms with E-state index in [1.807, 2.05) is 79.1 Å². The van der Waals surface area contributed by atoms with Gasteiger partial charge in [0.05, 0.1) is 10.6 Å². The van der Waals surface area contributed by atoms with E-state index in [1.165, 1.54) is 21.6 Å². The molecule has 1 amide bonds. The lowest BCUT2D eigenvalue weighted by Gasteiger charge is -2.19. The van der Waals surface area contributed by atoms with Gasteiger partial charge in [0.2, 0.25) is 15.9 Å². The average Bonchev–Trinajstić information content (AvgIpc) is 3.41. The number of rotatable bonds is 12. The molecule has 4 rings (SSSR count). The van der Waals surface area contributed by atoms with Gasteiger partial charge in [0, 0.05) is 30.0 Å². The van der Waals surface area contributed by atoms with Crippen LogP contribution in [0.2, 0.25) is 0 Å². The van der Waals surface area contributed by atoms with Crippen LogP contribution in [0.15, 0.2) is 88.9 Å². The van der Waals surface area contributed by atoms with Crippen molar-refractivity contribution >= 4 is 33.4 Å². The lowest BCUT2D eigenvalue weighted by molar-refractivity contribution is -0.113. The normalized spacial score (nSPS) is 12.4. The summed E-state index contributed by atoms with van der Waals surface area (Å²) in [5, 5.41) is 12.3. The summed E-state index contributed by atoms with van der Waals surface area (Å²) in [5.41, 5.74) is 3.41. The second-order valence-electron chi connectivity index (χ2n) is 9.36. The standard InChI is InChI=1S/C30H35N5O3S2/c1-5-22(4)23-16-18-25(19-17-23)31-28(36)21-39-30-33-32-29(35(30)26-13-9-8-10-14-26)24-12-11-15-27(20-24)40(37,38)34(6-2)7-3/h8-20,22H,5-7,21H2,1-4H3,(H,31,36)/t22-/m0/s1. The van der Waals surface area contributed by atoms with Crippen LogP contribution in [-0.2, 0) is 14.8 Å². The summed E-state index contributed by atoms with van der Waals surface area (Å²) >= 11 is 1.27. The molecule has 0 spiro atoms. The Labute approximate surface area is 240 Å². The summed E-state index contributed by atoms with van der Waals surface area (Å²) in [7, 11) is -3.65. The van der Waals surface area contributed by atoms with Gasteiger partial charge in [-0.2, -0.15) is 4.31 Å². The first-order valence-electron chi connectivity index (χ1n) is 13.4. The first kappa shape index (κ1) is 29.5. The maximum atomic E-state index is 13.2. The predicted octanol–water partition coefficient (Wildman–Crippen LogP) is 6.21. The molecule has 3 aromatic carbocycles. The number of aromatic nitrogens is 3. The number of para-hydroxylation sites is 1. The molecule has 1 N–H and O–H groups in total. The summed E-state index contributed by atoms with van der Waals surface area (Å²) in [5.74, 6) is 0.940. The highest BCUT2D eigenvalue weighted by molar-refractivity contribution is 7.99. The second kappa shape index (κ2) is 13.3. The summed E-state index contributed by atoms with van der Waals surface area (Å²) in [4.78, 5) is 13.0. The molecule has 0 aliphatic carbocycles. The summed E-state index contributed by atoms with van der Waals surface area (Å²) in [6.07, 6.45) is 1.06. The van der Waals surface area contributed by atoms with Crippen LogP contribution in [0.3, 0.4) is 0 Å². The van der Waals surface area contributed by atoms with E-state index in [0.29, 0.717) is 35.6 Å². The molecule has 0 radical (unpaired) electrons. The highest BCUT2D eigenvalue weighted by atomic mass is 32.2. The van der Waals surface area contributed by atoms with Gasteiger partial charge in [-0.3, -0.25) is 9.36 Å². The molecular formula is C30H35N5O3S2. The number of anilines is 1. The molecule has 1 atom stereocenters. The fourth-order valence-electron chi connectivity index (χ4n) is 4.33. The highest BCUT2D eigenvalue weighted by Gasteiger charge is 2.24. The Morgan fingerprint density at radius 3 is 2.30 bits per heavy atom. The topological polar surface area (TPSA) is 97.2 Å². The van der Waals surface area contributed by atoms with E-state index in [-0.39, 0.29) is 16.6 Å². The average molecular weight is 578 g/mol. The van der Waals surface area contributed by atoms with E-state index < -0.39 is 10.0 Å². The van der Waals surface area contributed by atoms with Gasteiger partial charge in [-0.15, -0.1) is 10.2 Å². The Hall–Kier alpha value is -3.47. The predicted molar refractivity (Wildman–Crippen MR) is 161 cm³/mol. The largest absolute Gasteiger partial charge is 0.325 e. The Kier molecular flexibility index (Phi) is 9.78. The number of amides is 1. The van der Waals surface area contributed by atoms with Gasteiger partial charge >= 0.3 is 0 Å². The quantitative estimate of drug-likeness (QED) is 0.201. The summed E-state index contributed by atoms with van der Waals surface area (Å²) in [6, 6.07) is 24.3. The van der Waals surface area contributed by atoms with Crippen molar-refractivity contribution in [1.82, 2.24) is 19.1 Å². The zero-order valence-electron chi connectivity index (χ0n) is 23.2. The number of hydrogen-bond donors (Lipinski definition) is 1. The van der Waals surface area contributed by atoms with Crippen LogP contribution in [0.5, 0.6) is 0 Å². The van der Waals surface area contributed by atoms with Gasteiger partial charge in [-0.1, -0.05) is 81.9 Å². The highest BCUT2D eigenvalue weighted by Crippen LogP contribution is 2.30. The fraction of sp³-hybridized carbons (Fsp3) is 0.300. The maximum absolute atomic E-state index is 13.2. The minimum absolute atomic E-state index is 0.133. The van der Waals surface area contributed by atoms with Crippen LogP contribution < -0.4 is 5.32 Å². The lowest BCUT2D eigenvalue weighted by Crippen LogP contribution is -2.30. The molecule has 4 aromatic rings. The molecule has 0 aliphatic rings. The third-order valence-corrected chi connectivity index (χ3v) is 9.77. The maximum Gasteiger partial charge on any atom is 0.243 e. The Morgan fingerprint density at radius 1 is 0.950 bits per heavy atom. The second-order valence-corrected chi connectivity index (χ2v) is 12.2. The van der Waals surface area contributed by atoms with Crippen molar-refractivity contribution in [2.45, 2.75) is 50.1 Å². The molecule has 1 aromatic heterocycles. The Bertz CT molecular complexity index is 1530. The number of thioether (sulfide) groups is 1. The molecule has 8 nitrogen and oxygen atoms in total. The Morgan fingerprint density at radius 2 is 1.65 bits per heavy atom. The number of carbonyl (C=O) groups is 1. The monoisotopic (exact) mass is 577 g/mol. The lowest BCUT2D eigenvalue weighted by atomic mass is 9.99. The zero-order valence-corrected chi connectivity index (χ0v) is 24.9. The smallest absolute Gasteiger partial charge is 0.243 e. The van der Waals surface area contributed by atoms with E-state index in [0.717, 1.165) is 17.8 Å². The number of nitrogens with one attached hydrogen (secondary N) is 1. The van der Waals surface area contributed by atoms with E-state index >= 15 is 0 Å². The number of sulfonamides is 1. The molecule has 1 heterocycles. The van der Waals surface area contributed by atoms with Crippen LogP contribution in [0.4, 0.5) is 5.69 Å². The molecule has 0 saturated heterocycles. The SMILES string of the molecule is CC[C@H](C)c1ccc(NC(=O)CSc2nnc(-c3cccc(S(=O)(=O)N(CC)CC)c3)n2-c2ccccc2)cc1. The molecule has 40 heavy (non-hydrogen) atoms. The Balaban J connectivity index is 1.59. The van der Waals surface area contributed by atoms with Gasteiger partial charge in [0.1, 0.15) is 0 Å². The van der Waals surface area contributed by atoms with E-state index in [2.05, 4.69) is 29.4 Å². The first-order valence-corrected chi connectivity index (χ1v) is 15.8. The van der Waals surface area contributed by atoms with Crippen LogP contribution >= 0.6 is 11.8 Å². The van der Waals surface area contributed by atoms with Crippen molar-refractivity contribution in [3.63, 3.8) is 0 Å². The van der Waals surface area contributed by atoms with Gasteiger partial charge in [0.15, 0.2) is 11.0 Å². The minimum atomic E-state index is -3.65. The van der Waals surface area contributed by atoms with E-state index in [1.54, 1.807) is 18.2 Å². The van der Waals surface area contributed by atoms with Gasteiger partial charge < -0.3 is 5.32 Å². The van der Waals surface area contributed by atoms with Gasteiger partial charge in [-0.25, -0.2) is 8.42 Å². The zero-order chi connectivity index (χ0) is 28.7. The van der Waals surface area contributed by atoms with Crippen LogP contribution in [0, 0.1) is 0 Å².